The van der Waals surface area contributed by atoms with Crippen LogP contribution in [-0.4, -0.2) is 17.8 Å². The number of aliphatic hydroxyl groups excluding tert-OH is 1. The molecular formula is C12H13BrF3NO. The summed E-state index contributed by atoms with van der Waals surface area (Å²) in [5, 5.41) is 12.0. The molecule has 0 radical (unpaired) electrons. The molecule has 1 fully saturated rings. The van der Waals surface area contributed by atoms with Crippen molar-refractivity contribution in [1.82, 2.24) is 0 Å². The van der Waals surface area contributed by atoms with Gasteiger partial charge in [0.1, 0.15) is 0 Å². The lowest BCUT2D eigenvalue weighted by Gasteiger charge is -2.32. The monoisotopic (exact) mass is 323 g/mol. The van der Waals surface area contributed by atoms with E-state index in [1.807, 2.05) is 0 Å². The molecule has 0 spiro atoms. The Morgan fingerprint density at radius 2 is 2.00 bits per heavy atom. The predicted octanol–water partition coefficient (Wildman–Crippen LogP) is 3.65. The van der Waals surface area contributed by atoms with Gasteiger partial charge >= 0.3 is 6.18 Å². The molecular weight excluding hydrogens is 311 g/mol. The molecule has 0 aliphatic heterocycles. The van der Waals surface area contributed by atoms with Crippen molar-refractivity contribution in [2.75, 3.05) is 11.9 Å². The summed E-state index contributed by atoms with van der Waals surface area (Å²) in [5.74, 6) is 0.250. The van der Waals surface area contributed by atoms with E-state index in [-0.39, 0.29) is 17.7 Å². The predicted molar refractivity (Wildman–Crippen MR) is 66.4 cm³/mol. The van der Waals surface area contributed by atoms with E-state index in [2.05, 4.69) is 21.2 Å². The lowest BCUT2D eigenvalue weighted by Crippen LogP contribution is -2.33. The maximum atomic E-state index is 12.8. The zero-order chi connectivity index (χ0) is 13.3. The van der Waals surface area contributed by atoms with Gasteiger partial charge in [0, 0.05) is 16.7 Å². The molecule has 1 aromatic carbocycles. The van der Waals surface area contributed by atoms with E-state index in [0.717, 1.165) is 6.07 Å². The van der Waals surface area contributed by atoms with E-state index >= 15 is 0 Å². The first-order valence-electron chi connectivity index (χ1n) is 5.65. The van der Waals surface area contributed by atoms with Crippen molar-refractivity contribution in [3.05, 3.63) is 28.2 Å². The van der Waals surface area contributed by atoms with Crippen LogP contribution in [0.25, 0.3) is 0 Å². The Morgan fingerprint density at radius 1 is 1.33 bits per heavy atom. The number of hydrogen-bond acceptors (Lipinski definition) is 2. The van der Waals surface area contributed by atoms with Gasteiger partial charge in [-0.05, 0) is 37.0 Å². The normalized spacial score (nSPS) is 23.6. The molecule has 0 unspecified atom stereocenters. The molecule has 2 nitrogen and oxygen atoms in total. The van der Waals surface area contributed by atoms with E-state index in [1.54, 1.807) is 0 Å². The molecule has 2 rings (SSSR count). The average molecular weight is 324 g/mol. The fourth-order valence-corrected chi connectivity index (χ4v) is 2.39. The van der Waals surface area contributed by atoms with Gasteiger partial charge in [0.15, 0.2) is 0 Å². The molecule has 1 aromatic rings. The van der Waals surface area contributed by atoms with Crippen LogP contribution in [0.1, 0.15) is 18.4 Å². The van der Waals surface area contributed by atoms with E-state index in [1.165, 1.54) is 12.1 Å². The molecule has 2 N–H and O–H groups in total. The number of hydrogen-bond donors (Lipinski definition) is 2. The number of benzene rings is 1. The molecule has 1 saturated carbocycles. The summed E-state index contributed by atoms with van der Waals surface area (Å²) in [7, 11) is 0. The second-order valence-electron chi connectivity index (χ2n) is 4.56. The zero-order valence-corrected chi connectivity index (χ0v) is 11.1. The number of anilines is 1. The number of nitrogens with one attached hydrogen (secondary N) is 1. The molecule has 0 aromatic heterocycles. The van der Waals surface area contributed by atoms with Crippen molar-refractivity contribution in [3.63, 3.8) is 0 Å². The number of aliphatic hydroxyl groups is 1. The fourth-order valence-electron chi connectivity index (χ4n) is 2.03. The molecule has 0 heterocycles. The Balaban J connectivity index is 2.08. The van der Waals surface area contributed by atoms with Gasteiger partial charge in [-0.15, -0.1) is 0 Å². The first kappa shape index (κ1) is 13.7. The first-order valence-corrected chi connectivity index (χ1v) is 6.44. The third-order valence-corrected chi connectivity index (χ3v) is 3.57. The molecule has 0 bridgehead atoms. The second kappa shape index (κ2) is 5.09. The van der Waals surface area contributed by atoms with E-state index in [0.29, 0.717) is 23.9 Å². The van der Waals surface area contributed by atoms with Crippen LogP contribution in [0.5, 0.6) is 0 Å². The maximum absolute atomic E-state index is 12.8. The molecule has 1 aliphatic rings. The Bertz CT molecular complexity index is 430. The molecule has 0 saturated heterocycles. The topological polar surface area (TPSA) is 32.3 Å². The number of rotatable bonds is 3. The Labute approximate surface area is 111 Å². The van der Waals surface area contributed by atoms with Crippen LogP contribution in [0.4, 0.5) is 18.9 Å². The highest BCUT2D eigenvalue weighted by Crippen LogP contribution is 2.37. The van der Waals surface area contributed by atoms with Crippen LogP contribution in [0, 0.1) is 5.92 Å². The van der Waals surface area contributed by atoms with Crippen molar-refractivity contribution in [2.24, 2.45) is 5.92 Å². The average Bonchev–Trinajstić information content (AvgIpc) is 2.21. The Morgan fingerprint density at radius 3 is 2.56 bits per heavy atom. The minimum Gasteiger partial charge on any atom is -0.393 e. The third-order valence-electron chi connectivity index (χ3n) is 3.08. The summed E-state index contributed by atoms with van der Waals surface area (Å²) in [6.45, 7) is 0.455. The lowest BCUT2D eigenvalue weighted by atomic mass is 9.82. The van der Waals surface area contributed by atoms with Crippen LogP contribution >= 0.6 is 15.9 Å². The number of alkyl halides is 3. The summed E-state index contributed by atoms with van der Waals surface area (Å²) in [6.07, 6.45) is -3.34. The molecule has 18 heavy (non-hydrogen) atoms. The molecule has 100 valence electrons. The summed E-state index contributed by atoms with van der Waals surface area (Å²) in [6, 6.07) is 3.86. The highest BCUT2D eigenvalue weighted by Gasteiger charge is 2.34. The van der Waals surface area contributed by atoms with Crippen molar-refractivity contribution >= 4 is 21.6 Å². The van der Waals surface area contributed by atoms with Crippen molar-refractivity contribution < 1.29 is 18.3 Å². The largest absolute Gasteiger partial charge is 0.418 e. The highest BCUT2D eigenvalue weighted by atomic mass is 79.9. The second-order valence-corrected chi connectivity index (χ2v) is 5.48. The van der Waals surface area contributed by atoms with Crippen molar-refractivity contribution in [1.29, 1.82) is 0 Å². The maximum Gasteiger partial charge on any atom is 0.418 e. The fraction of sp³-hybridized carbons (Fsp3) is 0.500. The van der Waals surface area contributed by atoms with Crippen LogP contribution in [0.2, 0.25) is 0 Å². The highest BCUT2D eigenvalue weighted by molar-refractivity contribution is 9.10. The summed E-state index contributed by atoms with van der Waals surface area (Å²) in [4.78, 5) is 0. The standard InChI is InChI=1S/C12H13BrF3NO/c13-8-1-2-10(12(14,15)16)11(5-8)17-6-7-3-9(18)4-7/h1-2,5,7,9,17-18H,3-4,6H2. The zero-order valence-electron chi connectivity index (χ0n) is 9.47. The van der Waals surface area contributed by atoms with E-state index in [9.17, 15) is 13.2 Å². The van der Waals surface area contributed by atoms with Crippen LogP contribution in [0.3, 0.4) is 0 Å². The summed E-state index contributed by atoms with van der Waals surface area (Å²) >= 11 is 3.16. The van der Waals surface area contributed by atoms with Crippen molar-refractivity contribution in [3.8, 4) is 0 Å². The van der Waals surface area contributed by atoms with Gasteiger partial charge in [-0.1, -0.05) is 15.9 Å². The van der Waals surface area contributed by atoms with Crippen LogP contribution in [0.15, 0.2) is 22.7 Å². The van der Waals surface area contributed by atoms with Crippen LogP contribution < -0.4 is 5.32 Å². The quantitative estimate of drug-likeness (QED) is 0.889. The van der Waals surface area contributed by atoms with Gasteiger partial charge in [0.2, 0.25) is 0 Å². The smallest absolute Gasteiger partial charge is 0.393 e. The van der Waals surface area contributed by atoms with Gasteiger partial charge < -0.3 is 10.4 Å². The lowest BCUT2D eigenvalue weighted by molar-refractivity contribution is -0.137. The van der Waals surface area contributed by atoms with Crippen LogP contribution in [-0.2, 0) is 6.18 Å². The third kappa shape index (κ3) is 3.17. The molecule has 0 atom stereocenters. The first-order chi connectivity index (χ1) is 8.36. The van der Waals surface area contributed by atoms with E-state index < -0.39 is 11.7 Å². The van der Waals surface area contributed by atoms with E-state index in [4.69, 9.17) is 5.11 Å². The summed E-state index contributed by atoms with van der Waals surface area (Å²) < 4.78 is 38.9. The van der Waals surface area contributed by atoms with Crippen molar-refractivity contribution in [2.45, 2.75) is 25.1 Å². The minimum atomic E-state index is -4.36. The molecule has 1 aliphatic carbocycles. The Kier molecular flexibility index (Phi) is 3.87. The van der Waals surface area contributed by atoms with Gasteiger partial charge in [-0.2, -0.15) is 13.2 Å². The van der Waals surface area contributed by atoms with Gasteiger partial charge in [-0.3, -0.25) is 0 Å². The number of halogens is 4. The molecule has 6 heteroatoms. The molecule has 0 amide bonds. The van der Waals surface area contributed by atoms with Gasteiger partial charge in [0.25, 0.3) is 0 Å². The SMILES string of the molecule is OC1CC(CNc2cc(Br)ccc2C(F)(F)F)C1. The van der Waals surface area contributed by atoms with Gasteiger partial charge in [0.05, 0.1) is 11.7 Å². The van der Waals surface area contributed by atoms with Gasteiger partial charge in [-0.25, -0.2) is 0 Å². The summed E-state index contributed by atoms with van der Waals surface area (Å²) in [5.41, 5.74) is -0.580. The minimum absolute atomic E-state index is 0.0817. The Hall–Kier alpha value is -0.750.